The summed E-state index contributed by atoms with van der Waals surface area (Å²) in [6.45, 7) is 8.29. The van der Waals surface area contributed by atoms with Crippen LogP contribution in [0.2, 0.25) is 0 Å². The van der Waals surface area contributed by atoms with E-state index in [0.717, 1.165) is 53.0 Å². The monoisotopic (exact) mass is 533 g/mol. The van der Waals surface area contributed by atoms with Crippen molar-refractivity contribution in [2.24, 2.45) is 0 Å². The summed E-state index contributed by atoms with van der Waals surface area (Å²) in [5.74, 6) is 1.28. The van der Waals surface area contributed by atoms with Crippen molar-refractivity contribution in [1.82, 2.24) is 15.3 Å². The molecule has 1 aromatic heterocycles. The maximum absolute atomic E-state index is 12.4. The molecular weight excluding hydrogens is 502 g/mol. The summed E-state index contributed by atoms with van der Waals surface area (Å²) >= 11 is 3.63. The average Bonchev–Trinajstić information content (AvgIpc) is 3.09. The van der Waals surface area contributed by atoms with Crippen LogP contribution in [0.25, 0.3) is 0 Å². The van der Waals surface area contributed by atoms with Crippen molar-refractivity contribution in [3.05, 3.63) is 75.0 Å². The van der Waals surface area contributed by atoms with Crippen molar-refractivity contribution < 1.29 is 4.79 Å². The standard InChI is InChI=1S/C28H32BrN5O/c1-17-15-20(18-11-13-30-14-12-18)8-9-22(17)33-27-31-16-21(29)23(34-27)10-7-19-5-4-6-24-25(19)28(2,3)26(35)32-24/h4-6,8-9,15-16,18,30H,7,10-14H2,1-3H3,(H,32,35)(H,31,33,34). The molecule has 2 aliphatic heterocycles. The lowest BCUT2D eigenvalue weighted by molar-refractivity contribution is -0.119. The molecule has 3 aromatic rings. The van der Waals surface area contributed by atoms with Crippen molar-refractivity contribution in [2.75, 3.05) is 23.7 Å². The second-order valence-electron chi connectivity index (χ2n) is 10.1. The molecule has 182 valence electrons. The second-order valence-corrected chi connectivity index (χ2v) is 11.0. The summed E-state index contributed by atoms with van der Waals surface area (Å²) in [6, 6.07) is 12.8. The average molecular weight is 535 g/mol. The van der Waals surface area contributed by atoms with E-state index >= 15 is 0 Å². The van der Waals surface area contributed by atoms with E-state index < -0.39 is 5.41 Å². The molecule has 0 saturated carbocycles. The molecular formula is C28H32BrN5O. The zero-order valence-corrected chi connectivity index (χ0v) is 22.1. The van der Waals surface area contributed by atoms with Gasteiger partial charge >= 0.3 is 0 Å². The van der Waals surface area contributed by atoms with Crippen LogP contribution in [0.4, 0.5) is 17.3 Å². The molecule has 0 unspecified atom stereocenters. The first kappa shape index (κ1) is 23.9. The topological polar surface area (TPSA) is 78.9 Å². The molecule has 7 heteroatoms. The number of rotatable bonds is 6. The fourth-order valence-electron chi connectivity index (χ4n) is 5.29. The van der Waals surface area contributed by atoms with Crippen molar-refractivity contribution >= 4 is 39.2 Å². The van der Waals surface area contributed by atoms with Gasteiger partial charge in [0, 0.05) is 17.6 Å². The summed E-state index contributed by atoms with van der Waals surface area (Å²) in [5.41, 5.74) is 7.26. The molecule has 0 bridgehead atoms. The minimum atomic E-state index is -0.528. The summed E-state index contributed by atoms with van der Waals surface area (Å²) in [5, 5.41) is 9.88. The highest BCUT2D eigenvalue weighted by atomic mass is 79.9. The van der Waals surface area contributed by atoms with Crippen molar-refractivity contribution in [3.8, 4) is 0 Å². The Morgan fingerprint density at radius 2 is 1.94 bits per heavy atom. The minimum absolute atomic E-state index is 0.0520. The highest BCUT2D eigenvalue weighted by molar-refractivity contribution is 9.10. The summed E-state index contributed by atoms with van der Waals surface area (Å²) in [6.07, 6.45) is 5.73. The quantitative estimate of drug-likeness (QED) is 0.374. The molecule has 0 radical (unpaired) electrons. The van der Waals surface area contributed by atoms with E-state index in [0.29, 0.717) is 11.9 Å². The first-order chi connectivity index (χ1) is 16.8. The Labute approximate surface area is 215 Å². The van der Waals surface area contributed by atoms with Crippen LogP contribution in [-0.4, -0.2) is 29.0 Å². The number of piperidine rings is 1. The molecule has 2 aliphatic rings. The minimum Gasteiger partial charge on any atom is -0.325 e. The lowest BCUT2D eigenvalue weighted by Crippen LogP contribution is -2.27. The van der Waals surface area contributed by atoms with E-state index in [4.69, 9.17) is 4.98 Å². The molecule has 3 heterocycles. The van der Waals surface area contributed by atoms with Crippen LogP contribution >= 0.6 is 15.9 Å². The fourth-order valence-corrected chi connectivity index (χ4v) is 5.68. The first-order valence-corrected chi connectivity index (χ1v) is 13.2. The lowest BCUT2D eigenvalue weighted by Gasteiger charge is -2.23. The van der Waals surface area contributed by atoms with E-state index in [2.05, 4.69) is 68.1 Å². The Balaban J connectivity index is 1.32. The Morgan fingerprint density at radius 3 is 2.71 bits per heavy atom. The van der Waals surface area contributed by atoms with E-state index in [-0.39, 0.29) is 5.91 Å². The highest BCUT2D eigenvalue weighted by Crippen LogP contribution is 2.40. The zero-order valence-electron chi connectivity index (χ0n) is 20.5. The number of hydrogen-bond acceptors (Lipinski definition) is 5. The Kier molecular flexibility index (Phi) is 6.64. The third-order valence-electron chi connectivity index (χ3n) is 7.35. The fraction of sp³-hybridized carbons (Fsp3) is 0.393. The van der Waals surface area contributed by atoms with Gasteiger partial charge in [0.25, 0.3) is 0 Å². The van der Waals surface area contributed by atoms with Crippen LogP contribution in [-0.2, 0) is 23.1 Å². The number of nitrogens with zero attached hydrogens (tertiary/aromatic N) is 2. The van der Waals surface area contributed by atoms with Gasteiger partial charge in [0.2, 0.25) is 11.9 Å². The van der Waals surface area contributed by atoms with Gasteiger partial charge in [-0.1, -0.05) is 24.3 Å². The molecule has 1 amide bonds. The second kappa shape index (κ2) is 9.70. The number of hydrogen-bond donors (Lipinski definition) is 3. The normalized spacial score (nSPS) is 17.2. The first-order valence-electron chi connectivity index (χ1n) is 12.4. The molecule has 0 atom stereocenters. The summed E-state index contributed by atoms with van der Waals surface area (Å²) < 4.78 is 0.891. The van der Waals surface area contributed by atoms with Gasteiger partial charge in [0.05, 0.1) is 15.6 Å². The number of halogens is 1. The third kappa shape index (κ3) is 4.84. The van der Waals surface area contributed by atoms with Crippen LogP contribution in [0.3, 0.4) is 0 Å². The van der Waals surface area contributed by atoms with Crippen molar-refractivity contribution in [3.63, 3.8) is 0 Å². The maximum atomic E-state index is 12.4. The van der Waals surface area contributed by atoms with Gasteiger partial charge in [-0.05, 0) is 116 Å². The molecule has 1 fully saturated rings. The summed E-state index contributed by atoms with van der Waals surface area (Å²) in [7, 11) is 0. The number of aromatic nitrogens is 2. The number of anilines is 3. The van der Waals surface area contributed by atoms with Gasteiger partial charge in [-0.2, -0.15) is 0 Å². The number of benzene rings is 2. The van der Waals surface area contributed by atoms with Gasteiger partial charge in [-0.25, -0.2) is 9.97 Å². The molecule has 0 spiro atoms. The molecule has 6 nitrogen and oxygen atoms in total. The Bertz CT molecular complexity index is 1270. The van der Waals surface area contributed by atoms with Gasteiger partial charge in [-0.15, -0.1) is 0 Å². The van der Waals surface area contributed by atoms with Crippen molar-refractivity contribution in [1.29, 1.82) is 0 Å². The van der Waals surface area contributed by atoms with Crippen molar-refractivity contribution in [2.45, 2.75) is 57.8 Å². The van der Waals surface area contributed by atoms with Gasteiger partial charge < -0.3 is 16.0 Å². The third-order valence-corrected chi connectivity index (χ3v) is 8.01. The van der Waals surface area contributed by atoms with Gasteiger partial charge in [0.1, 0.15) is 0 Å². The van der Waals surface area contributed by atoms with Crippen LogP contribution in [0, 0.1) is 6.92 Å². The van der Waals surface area contributed by atoms with E-state index in [1.807, 2.05) is 32.2 Å². The number of aryl methyl sites for hydroxylation is 3. The predicted octanol–water partition coefficient (Wildman–Crippen LogP) is 5.77. The SMILES string of the molecule is Cc1cc(C2CCNCC2)ccc1Nc1ncc(Br)c(CCc2cccc3c2C(C)(C)C(=O)N3)n1. The number of fused-ring (bicyclic) bond motifs is 1. The molecule has 2 aromatic carbocycles. The Morgan fingerprint density at radius 1 is 1.14 bits per heavy atom. The Hall–Kier alpha value is -2.77. The number of carbonyl (C=O) groups excluding carboxylic acids is 1. The smallest absolute Gasteiger partial charge is 0.234 e. The van der Waals surface area contributed by atoms with Crippen LogP contribution in [0.15, 0.2) is 47.1 Å². The number of amides is 1. The zero-order chi connectivity index (χ0) is 24.6. The van der Waals surface area contributed by atoms with Crippen LogP contribution in [0.5, 0.6) is 0 Å². The van der Waals surface area contributed by atoms with Gasteiger partial charge in [-0.3, -0.25) is 4.79 Å². The van der Waals surface area contributed by atoms with E-state index in [1.54, 1.807) is 0 Å². The maximum Gasteiger partial charge on any atom is 0.234 e. The summed E-state index contributed by atoms with van der Waals surface area (Å²) in [4.78, 5) is 21.8. The molecule has 5 rings (SSSR count). The number of nitrogens with one attached hydrogen (secondary N) is 3. The molecule has 3 N–H and O–H groups in total. The predicted molar refractivity (Wildman–Crippen MR) is 145 cm³/mol. The molecule has 0 aliphatic carbocycles. The van der Waals surface area contributed by atoms with Gasteiger partial charge in [0.15, 0.2) is 0 Å². The number of carbonyl (C=O) groups is 1. The van der Waals surface area contributed by atoms with Crippen LogP contribution in [0.1, 0.15) is 60.6 Å². The van der Waals surface area contributed by atoms with Crippen LogP contribution < -0.4 is 16.0 Å². The van der Waals surface area contributed by atoms with E-state index in [1.165, 1.54) is 29.5 Å². The molecule has 35 heavy (non-hydrogen) atoms. The highest BCUT2D eigenvalue weighted by Gasteiger charge is 2.39. The lowest BCUT2D eigenvalue weighted by atomic mass is 9.82. The largest absolute Gasteiger partial charge is 0.325 e. The molecule has 1 saturated heterocycles. The van der Waals surface area contributed by atoms with E-state index in [9.17, 15) is 4.79 Å².